The molecule has 1 fully saturated rings. The smallest absolute Gasteiger partial charge is 0.195 e. The minimum atomic E-state index is 0.120. The van der Waals surface area contributed by atoms with Crippen LogP contribution < -0.4 is 0 Å². The standard InChI is InChI=1S/C10H17N3OS/c1-7(2)13-9(11-12-10(13)15)8-5-3-4-6-14-8/h7-8H,3-6H2,1-2H3,(H,12,15). The normalized spacial score (nSPS) is 22.2. The van der Waals surface area contributed by atoms with Crippen LogP contribution in [0.3, 0.4) is 0 Å². The average molecular weight is 227 g/mol. The molecule has 2 rings (SSSR count). The topological polar surface area (TPSA) is 42.8 Å². The van der Waals surface area contributed by atoms with Gasteiger partial charge in [0, 0.05) is 12.6 Å². The molecule has 0 bridgehead atoms. The van der Waals surface area contributed by atoms with Gasteiger partial charge in [0.1, 0.15) is 6.10 Å². The summed E-state index contributed by atoms with van der Waals surface area (Å²) in [4.78, 5) is 0. The predicted molar refractivity (Wildman–Crippen MR) is 60.3 cm³/mol. The summed E-state index contributed by atoms with van der Waals surface area (Å²) in [5.74, 6) is 0.953. The van der Waals surface area contributed by atoms with Crippen molar-refractivity contribution in [1.29, 1.82) is 0 Å². The van der Waals surface area contributed by atoms with E-state index in [0.29, 0.717) is 10.8 Å². The van der Waals surface area contributed by atoms with Crippen molar-refractivity contribution >= 4 is 12.2 Å². The predicted octanol–water partition coefficient (Wildman–Crippen LogP) is 2.76. The third-order valence-electron chi connectivity index (χ3n) is 2.72. The van der Waals surface area contributed by atoms with E-state index in [1.165, 1.54) is 6.42 Å². The molecule has 0 aliphatic carbocycles. The van der Waals surface area contributed by atoms with Crippen molar-refractivity contribution in [1.82, 2.24) is 14.8 Å². The molecule has 5 heteroatoms. The Hall–Kier alpha value is -0.680. The SMILES string of the molecule is CC(C)n1c(C2CCCCO2)n[nH]c1=S. The molecule has 1 aromatic rings. The first-order valence-electron chi connectivity index (χ1n) is 5.48. The van der Waals surface area contributed by atoms with E-state index in [2.05, 4.69) is 24.0 Å². The van der Waals surface area contributed by atoms with Crippen LogP contribution in [-0.4, -0.2) is 21.4 Å². The maximum Gasteiger partial charge on any atom is 0.195 e. The second kappa shape index (κ2) is 4.45. The van der Waals surface area contributed by atoms with E-state index in [4.69, 9.17) is 17.0 Å². The van der Waals surface area contributed by atoms with Gasteiger partial charge in [-0.2, -0.15) is 5.10 Å². The third-order valence-corrected chi connectivity index (χ3v) is 3.00. The Morgan fingerprint density at radius 1 is 1.53 bits per heavy atom. The van der Waals surface area contributed by atoms with E-state index in [9.17, 15) is 0 Å². The van der Waals surface area contributed by atoms with Crippen LogP contribution >= 0.6 is 12.2 Å². The molecular formula is C10H17N3OS. The summed E-state index contributed by atoms with van der Waals surface area (Å²) in [6.45, 7) is 5.05. The molecule has 84 valence electrons. The number of hydrogen-bond donors (Lipinski definition) is 1. The maximum absolute atomic E-state index is 5.72. The Morgan fingerprint density at radius 2 is 2.33 bits per heavy atom. The van der Waals surface area contributed by atoms with Crippen molar-refractivity contribution in [3.8, 4) is 0 Å². The minimum Gasteiger partial charge on any atom is -0.370 e. The molecule has 15 heavy (non-hydrogen) atoms. The van der Waals surface area contributed by atoms with Gasteiger partial charge in [0.25, 0.3) is 0 Å². The zero-order valence-electron chi connectivity index (χ0n) is 9.19. The van der Waals surface area contributed by atoms with E-state index in [0.717, 1.165) is 25.3 Å². The highest BCUT2D eigenvalue weighted by atomic mass is 32.1. The Morgan fingerprint density at radius 3 is 2.93 bits per heavy atom. The molecule has 4 nitrogen and oxygen atoms in total. The van der Waals surface area contributed by atoms with Gasteiger partial charge < -0.3 is 4.74 Å². The van der Waals surface area contributed by atoms with Crippen molar-refractivity contribution in [2.75, 3.05) is 6.61 Å². The van der Waals surface area contributed by atoms with Crippen LogP contribution in [0.25, 0.3) is 0 Å². The minimum absolute atomic E-state index is 0.120. The zero-order valence-corrected chi connectivity index (χ0v) is 10.0. The van der Waals surface area contributed by atoms with Crippen LogP contribution in [-0.2, 0) is 4.74 Å². The molecular weight excluding hydrogens is 210 g/mol. The van der Waals surface area contributed by atoms with E-state index in [1.807, 2.05) is 4.57 Å². The summed E-state index contributed by atoms with van der Waals surface area (Å²) >= 11 is 5.21. The Labute approximate surface area is 94.6 Å². The maximum atomic E-state index is 5.72. The van der Waals surface area contributed by atoms with Gasteiger partial charge in [0.05, 0.1) is 0 Å². The fraction of sp³-hybridized carbons (Fsp3) is 0.800. The molecule has 0 spiro atoms. The quantitative estimate of drug-likeness (QED) is 0.790. The number of nitrogens with zero attached hydrogens (tertiary/aromatic N) is 2. The molecule has 1 atom stereocenters. The molecule has 0 saturated carbocycles. The summed E-state index contributed by atoms with van der Waals surface area (Å²) in [6, 6.07) is 0.330. The Bertz CT molecular complexity index is 376. The van der Waals surface area contributed by atoms with E-state index in [-0.39, 0.29) is 6.10 Å². The number of hydrogen-bond acceptors (Lipinski definition) is 3. The lowest BCUT2D eigenvalue weighted by molar-refractivity contribution is 0.00654. The summed E-state index contributed by atoms with van der Waals surface area (Å²) in [6.07, 6.45) is 3.53. The molecule has 1 aliphatic heterocycles. The van der Waals surface area contributed by atoms with Crippen LogP contribution in [0, 0.1) is 4.77 Å². The average Bonchev–Trinajstić information content (AvgIpc) is 2.61. The van der Waals surface area contributed by atoms with Crippen molar-refractivity contribution in [2.24, 2.45) is 0 Å². The number of nitrogens with one attached hydrogen (secondary N) is 1. The molecule has 0 aromatic carbocycles. The van der Waals surface area contributed by atoms with Crippen LogP contribution in [0.1, 0.15) is 51.1 Å². The fourth-order valence-electron chi connectivity index (χ4n) is 1.99. The van der Waals surface area contributed by atoms with Crippen molar-refractivity contribution < 1.29 is 4.74 Å². The number of aromatic nitrogens is 3. The second-order valence-electron chi connectivity index (χ2n) is 4.21. The summed E-state index contributed by atoms with van der Waals surface area (Å²) in [5, 5.41) is 7.13. The lowest BCUT2D eigenvalue weighted by atomic mass is 10.1. The highest BCUT2D eigenvalue weighted by Gasteiger charge is 2.22. The van der Waals surface area contributed by atoms with E-state index in [1.54, 1.807) is 0 Å². The first-order chi connectivity index (χ1) is 7.20. The van der Waals surface area contributed by atoms with Crippen molar-refractivity contribution in [3.63, 3.8) is 0 Å². The molecule has 1 unspecified atom stereocenters. The van der Waals surface area contributed by atoms with Gasteiger partial charge in [-0.15, -0.1) is 0 Å². The molecule has 2 heterocycles. The monoisotopic (exact) mass is 227 g/mol. The van der Waals surface area contributed by atoms with Gasteiger partial charge in [-0.25, -0.2) is 0 Å². The van der Waals surface area contributed by atoms with E-state index < -0.39 is 0 Å². The lowest BCUT2D eigenvalue weighted by Gasteiger charge is -2.23. The number of H-pyrrole nitrogens is 1. The summed E-state index contributed by atoms with van der Waals surface area (Å²) < 4.78 is 8.45. The number of ether oxygens (including phenoxy) is 1. The first kappa shape index (κ1) is 10.8. The third kappa shape index (κ3) is 2.13. The van der Waals surface area contributed by atoms with Gasteiger partial charge in [-0.3, -0.25) is 9.67 Å². The summed E-state index contributed by atoms with van der Waals surface area (Å²) in [7, 11) is 0. The van der Waals surface area contributed by atoms with Crippen LogP contribution in [0.5, 0.6) is 0 Å². The molecule has 0 radical (unpaired) electrons. The zero-order chi connectivity index (χ0) is 10.8. The Kier molecular flexibility index (Phi) is 3.21. The van der Waals surface area contributed by atoms with Gasteiger partial charge in [0.2, 0.25) is 0 Å². The van der Waals surface area contributed by atoms with Crippen molar-refractivity contribution in [3.05, 3.63) is 10.6 Å². The van der Waals surface area contributed by atoms with E-state index >= 15 is 0 Å². The van der Waals surface area contributed by atoms with Gasteiger partial charge in [-0.1, -0.05) is 0 Å². The number of rotatable bonds is 2. The van der Waals surface area contributed by atoms with Crippen molar-refractivity contribution in [2.45, 2.75) is 45.3 Å². The summed E-state index contributed by atoms with van der Waals surface area (Å²) in [5.41, 5.74) is 0. The highest BCUT2D eigenvalue weighted by molar-refractivity contribution is 7.71. The second-order valence-corrected chi connectivity index (χ2v) is 4.59. The first-order valence-corrected chi connectivity index (χ1v) is 5.89. The van der Waals surface area contributed by atoms with Crippen LogP contribution in [0.15, 0.2) is 0 Å². The number of aromatic amines is 1. The Balaban J connectivity index is 2.30. The van der Waals surface area contributed by atoms with Crippen LogP contribution in [0.2, 0.25) is 0 Å². The van der Waals surface area contributed by atoms with Crippen LogP contribution in [0.4, 0.5) is 0 Å². The highest BCUT2D eigenvalue weighted by Crippen LogP contribution is 2.27. The molecule has 1 saturated heterocycles. The molecule has 1 aromatic heterocycles. The lowest BCUT2D eigenvalue weighted by Crippen LogP contribution is -2.17. The largest absolute Gasteiger partial charge is 0.370 e. The molecule has 1 aliphatic rings. The van der Waals surface area contributed by atoms with Gasteiger partial charge in [0.15, 0.2) is 10.6 Å². The molecule has 0 amide bonds. The molecule has 1 N–H and O–H groups in total. The fourth-order valence-corrected chi connectivity index (χ4v) is 2.34. The van der Waals surface area contributed by atoms with Gasteiger partial charge in [-0.05, 0) is 45.3 Å². The van der Waals surface area contributed by atoms with Gasteiger partial charge >= 0.3 is 0 Å².